The highest BCUT2D eigenvalue weighted by molar-refractivity contribution is 5.94. The number of nitrogens with zero attached hydrogens (tertiary/aromatic N) is 2. The van der Waals surface area contributed by atoms with E-state index in [0.29, 0.717) is 37.7 Å². The number of carbonyl (C=O) groups is 1. The van der Waals surface area contributed by atoms with Crippen LogP contribution in [0.25, 0.3) is 0 Å². The molecule has 1 amide bonds. The molecule has 1 saturated carbocycles. The molecule has 1 aliphatic carbocycles. The summed E-state index contributed by atoms with van der Waals surface area (Å²) < 4.78 is 17.6. The lowest BCUT2D eigenvalue weighted by Gasteiger charge is -2.44. The van der Waals surface area contributed by atoms with Gasteiger partial charge in [0.1, 0.15) is 11.7 Å². The molecule has 1 spiro atoms. The molecular weight excluding hydrogens is 332 g/mol. The number of rotatable bonds is 3. The molecule has 0 bridgehead atoms. The summed E-state index contributed by atoms with van der Waals surface area (Å²) in [4.78, 5) is 19.2. The van der Waals surface area contributed by atoms with Crippen molar-refractivity contribution in [3.63, 3.8) is 0 Å². The van der Waals surface area contributed by atoms with Crippen molar-refractivity contribution in [2.24, 2.45) is 0 Å². The summed E-state index contributed by atoms with van der Waals surface area (Å²) in [5.74, 6) is 0.584. The van der Waals surface area contributed by atoms with Crippen LogP contribution in [-0.4, -0.2) is 60.4 Å². The zero-order chi connectivity index (χ0) is 17.8. The van der Waals surface area contributed by atoms with E-state index in [9.17, 15) is 4.79 Å². The molecule has 6 nitrogen and oxygen atoms in total. The topological polar surface area (TPSA) is 60.9 Å². The van der Waals surface area contributed by atoms with Crippen LogP contribution in [0.2, 0.25) is 0 Å². The second kappa shape index (κ2) is 7.92. The number of hydrogen-bond acceptors (Lipinski definition) is 5. The third-order valence-corrected chi connectivity index (χ3v) is 5.64. The first-order chi connectivity index (χ1) is 12.7. The molecule has 1 aromatic rings. The largest absolute Gasteiger partial charge is 0.474 e. The lowest BCUT2D eigenvalue weighted by molar-refractivity contribution is -0.160. The molecule has 2 saturated heterocycles. The van der Waals surface area contributed by atoms with Crippen LogP contribution >= 0.6 is 0 Å². The Morgan fingerprint density at radius 1 is 1.23 bits per heavy atom. The van der Waals surface area contributed by atoms with Gasteiger partial charge in [0.15, 0.2) is 0 Å². The summed E-state index contributed by atoms with van der Waals surface area (Å²) in [6.45, 7) is 3.12. The maximum absolute atomic E-state index is 13.0. The molecule has 1 unspecified atom stereocenters. The molecule has 1 atom stereocenters. The smallest absolute Gasteiger partial charge is 0.254 e. The molecule has 4 rings (SSSR count). The van der Waals surface area contributed by atoms with Crippen LogP contribution in [-0.2, 0) is 9.47 Å². The van der Waals surface area contributed by atoms with E-state index in [0.717, 1.165) is 32.3 Å². The molecule has 142 valence electrons. The van der Waals surface area contributed by atoms with Gasteiger partial charge in [0.05, 0.1) is 19.8 Å². The highest BCUT2D eigenvalue weighted by Gasteiger charge is 2.40. The Kier molecular flexibility index (Phi) is 5.41. The van der Waals surface area contributed by atoms with Gasteiger partial charge < -0.3 is 19.1 Å². The first kappa shape index (κ1) is 17.7. The molecule has 6 heteroatoms. The Labute approximate surface area is 154 Å². The summed E-state index contributed by atoms with van der Waals surface area (Å²) in [7, 11) is 0. The number of pyridine rings is 1. The third-order valence-electron chi connectivity index (χ3n) is 5.64. The van der Waals surface area contributed by atoms with Crippen molar-refractivity contribution < 1.29 is 19.0 Å². The van der Waals surface area contributed by atoms with Gasteiger partial charge in [0.25, 0.3) is 5.91 Å². The van der Waals surface area contributed by atoms with E-state index >= 15 is 0 Å². The van der Waals surface area contributed by atoms with Gasteiger partial charge in [0, 0.05) is 31.0 Å². The van der Waals surface area contributed by atoms with Crippen molar-refractivity contribution in [1.82, 2.24) is 9.88 Å². The lowest BCUT2D eigenvalue weighted by atomic mass is 9.94. The van der Waals surface area contributed by atoms with Gasteiger partial charge in [-0.2, -0.15) is 0 Å². The van der Waals surface area contributed by atoms with E-state index in [-0.39, 0.29) is 17.6 Å². The van der Waals surface area contributed by atoms with Crippen LogP contribution in [0, 0.1) is 0 Å². The zero-order valence-electron chi connectivity index (χ0n) is 15.3. The zero-order valence-corrected chi connectivity index (χ0v) is 15.3. The third kappa shape index (κ3) is 4.01. The van der Waals surface area contributed by atoms with Gasteiger partial charge >= 0.3 is 0 Å². The van der Waals surface area contributed by atoms with Crippen molar-refractivity contribution in [1.29, 1.82) is 0 Å². The summed E-state index contributed by atoms with van der Waals surface area (Å²) in [6, 6.07) is 3.56. The number of ether oxygens (including phenoxy) is 3. The van der Waals surface area contributed by atoms with Crippen molar-refractivity contribution >= 4 is 5.91 Å². The Hall–Kier alpha value is -1.66. The molecule has 0 aromatic carbocycles. The quantitative estimate of drug-likeness (QED) is 0.829. The van der Waals surface area contributed by atoms with Crippen molar-refractivity contribution in [2.75, 3.05) is 32.9 Å². The van der Waals surface area contributed by atoms with Crippen LogP contribution in [0.4, 0.5) is 0 Å². The van der Waals surface area contributed by atoms with Crippen LogP contribution in [0.3, 0.4) is 0 Å². The number of amides is 1. The monoisotopic (exact) mass is 360 g/mol. The van der Waals surface area contributed by atoms with Crippen LogP contribution < -0.4 is 4.74 Å². The van der Waals surface area contributed by atoms with Gasteiger partial charge in [-0.3, -0.25) is 4.79 Å². The minimum atomic E-state index is -0.333. The standard InChI is InChI=1S/C20H28N2O4/c23-19(22-10-12-25-20(14-22)8-4-11-24-15-20)16-7-9-21-18(13-16)26-17-5-2-1-3-6-17/h7,9,13,17H,1-6,8,10-12,14-15H2. The average molecular weight is 360 g/mol. The summed E-state index contributed by atoms with van der Waals surface area (Å²) in [6.07, 6.45) is 9.69. The maximum atomic E-state index is 13.0. The van der Waals surface area contributed by atoms with Crippen molar-refractivity contribution in [3.05, 3.63) is 23.9 Å². The van der Waals surface area contributed by atoms with Crippen LogP contribution in [0.15, 0.2) is 18.3 Å². The molecule has 3 heterocycles. The maximum Gasteiger partial charge on any atom is 0.254 e. The molecule has 2 aliphatic heterocycles. The Balaban J connectivity index is 1.43. The Morgan fingerprint density at radius 2 is 2.12 bits per heavy atom. The highest BCUT2D eigenvalue weighted by atomic mass is 16.5. The van der Waals surface area contributed by atoms with E-state index in [1.807, 2.05) is 4.90 Å². The first-order valence-electron chi connectivity index (χ1n) is 9.88. The van der Waals surface area contributed by atoms with Gasteiger partial charge in [-0.1, -0.05) is 6.42 Å². The lowest BCUT2D eigenvalue weighted by Crippen LogP contribution is -2.57. The molecule has 3 fully saturated rings. The van der Waals surface area contributed by atoms with E-state index in [4.69, 9.17) is 14.2 Å². The van der Waals surface area contributed by atoms with Crippen LogP contribution in [0.5, 0.6) is 5.88 Å². The number of morpholine rings is 1. The van der Waals surface area contributed by atoms with E-state index in [2.05, 4.69) is 4.98 Å². The summed E-state index contributed by atoms with van der Waals surface area (Å²) in [5, 5.41) is 0. The fourth-order valence-electron chi connectivity index (χ4n) is 4.23. The number of aromatic nitrogens is 1. The fourth-order valence-corrected chi connectivity index (χ4v) is 4.23. The predicted octanol–water partition coefficient (Wildman–Crippen LogP) is 2.81. The molecular formula is C20H28N2O4. The van der Waals surface area contributed by atoms with E-state index in [1.54, 1.807) is 18.3 Å². The highest BCUT2D eigenvalue weighted by Crippen LogP contribution is 2.29. The second-order valence-corrected chi connectivity index (χ2v) is 7.67. The summed E-state index contributed by atoms with van der Waals surface area (Å²) >= 11 is 0. The molecule has 1 aromatic heterocycles. The Bertz CT molecular complexity index is 618. The summed E-state index contributed by atoms with van der Waals surface area (Å²) in [5.41, 5.74) is 0.306. The molecule has 0 N–H and O–H groups in total. The Morgan fingerprint density at radius 3 is 2.92 bits per heavy atom. The average Bonchev–Trinajstić information content (AvgIpc) is 2.69. The SMILES string of the molecule is O=C(c1ccnc(OC2CCCCC2)c1)N1CCOC2(CCCOC2)C1. The van der Waals surface area contributed by atoms with E-state index < -0.39 is 0 Å². The van der Waals surface area contributed by atoms with Gasteiger partial charge in [-0.25, -0.2) is 4.98 Å². The van der Waals surface area contributed by atoms with Gasteiger partial charge in [-0.15, -0.1) is 0 Å². The number of carbonyl (C=O) groups excluding carboxylic acids is 1. The first-order valence-corrected chi connectivity index (χ1v) is 9.88. The van der Waals surface area contributed by atoms with Gasteiger partial charge in [0.2, 0.25) is 5.88 Å². The molecule has 3 aliphatic rings. The van der Waals surface area contributed by atoms with Crippen molar-refractivity contribution in [2.45, 2.75) is 56.7 Å². The van der Waals surface area contributed by atoms with Crippen molar-refractivity contribution in [3.8, 4) is 5.88 Å². The number of hydrogen-bond donors (Lipinski definition) is 0. The predicted molar refractivity (Wildman–Crippen MR) is 96.4 cm³/mol. The second-order valence-electron chi connectivity index (χ2n) is 7.67. The minimum absolute atomic E-state index is 0.0224. The van der Waals surface area contributed by atoms with E-state index in [1.165, 1.54) is 19.3 Å². The normalized spacial score (nSPS) is 27.5. The molecule has 0 radical (unpaired) electrons. The minimum Gasteiger partial charge on any atom is -0.474 e. The molecule has 26 heavy (non-hydrogen) atoms. The fraction of sp³-hybridized carbons (Fsp3) is 0.700. The van der Waals surface area contributed by atoms with Gasteiger partial charge in [-0.05, 0) is 44.6 Å². The van der Waals surface area contributed by atoms with Crippen LogP contribution in [0.1, 0.15) is 55.3 Å².